The topological polar surface area (TPSA) is 53.7 Å². The van der Waals surface area contributed by atoms with Crippen LogP contribution >= 0.6 is 11.6 Å². The number of amides is 1. The summed E-state index contributed by atoms with van der Waals surface area (Å²) in [4.78, 5) is 14.3. The Morgan fingerprint density at radius 1 is 1.16 bits per heavy atom. The fourth-order valence-electron chi connectivity index (χ4n) is 3.11. The molecule has 0 aliphatic heterocycles. The number of benzene rings is 2. The molecule has 3 rings (SSSR count). The smallest absolute Gasteiger partial charge is 0.416 e. The molecule has 1 aromatic heterocycles. The zero-order chi connectivity index (χ0) is 22.8. The SMILES string of the molecule is C=C(O)CN(Cc1ccc(-c2cccc(C(F)(F)F)c2)o1)C(=O)c1ccc(Cl)cc1C. The van der Waals surface area contributed by atoms with Crippen LogP contribution in [0.25, 0.3) is 11.3 Å². The van der Waals surface area contributed by atoms with Gasteiger partial charge in [-0.2, -0.15) is 13.2 Å². The van der Waals surface area contributed by atoms with Crippen LogP contribution in [-0.4, -0.2) is 22.5 Å². The first-order valence-electron chi connectivity index (χ1n) is 9.23. The Hall–Kier alpha value is -3.19. The zero-order valence-electron chi connectivity index (χ0n) is 16.5. The third-order valence-electron chi connectivity index (χ3n) is 4.56. The minimum absolute atomic E-state index is 0.0144. The number of carbonyl (C=O) groups excluding carboxylic acids is 1. The number of hydrogen-bond donors (Lipinski definition) is 1. The van der Waals surface area contributed by atoms with Crippen LogP contribution in [0.3, 0.4) is 0 Å². The first-order valence-corrected chi connectivity index (χ1v) is 9.61. The molecule has 1 heterocycles. The van der Waals surface area contributed by atoms with Gasteiger partial charge >= 0.3 is 6.18 Å². The average molecular weight is 450 g/mol. The van der Waals surface area contributed by atoms with E-state index in [1.165, 1.54) is 23.1 Å². The van der Waals surface area contributed by atoms with Gasteiger partial charge in [-0.25, -0.2) is 0 Å². The number of aryl methyl sites for hydroxylation is 1. The maximum Gasteiger partial charge on any atom is 0.416 e. The summed E-state index contributed by atoms with van der Waals surface area (Å²) in [6.45, 7) is 5.02. The molecular formula is C23H19ClF3NO3. The number of carbonyl (C=O) groups is 1. The van der Waals surface area contributed by atoms with E-state index in [4.69, 9.17) is 16.0 Å². The average Bonchev–Trinajstić information content (AvgIpc) is 3.15. The van der Waals surface area contributed by atoms with Gasteiger partial charge < -0.3 is 14.4 Å². The molecule has 0 unspecified atom stereocenters. The van der Waals surface area contributed by atoms with Gasteiger partial charge in [0.25, 0.3) is 5.91 Å². The number of rotatable bonds is 6. The molecule has 1 amide bonds. The third-order valence-corrected chi connectivity index (χ3v) is 4.80. The Morgan fingerprint density at radius 3 is 2.55 bits per heavy atom. The highest BCUT2D eigenvalue weighted by Crippen LogP contribution is 2.33. The maximum absolute atomic E-state index is 13.0. The molecule has 8 heteroatoms. The van der Waals surface area contributed by atoms with Gasteiger partial charge in [-0.05, 0) is 55.0 Å². The molecule has 3 aromatic rings. The lowest BCUT2D eigenvalue weighted by molar-refractivity contribution is -0.137. The maximum atomic E-state index is 13.0. The van der Waals surface area contributed by atoms with Crippen molar-refractivity contribution < 1.29 is 27.5 Å². The standard InChI is InChI=1S/C23H19ClF3NO3/c1-14-10-18(24)6-8-20(14)22(30)28(12-15(2)29)13-19-7-9-21(31-19)16-4-3-5-17(11-16)23(25,26)27/h3-11,29H,2,12-13H2,1H3. The predicted molar refractivity (Wildman–Crippen MR) is 112 cm³/mol. The molecular weight excluding hydrogens is 431 g/mol. The van der Waals surface area contributed by atoms with Gasteiger partial charge in [0.05, 0.1) is 18.7 Å². The van der Waals surface area contributed by atoms with Crippen molar-refractivity contribution in [1.29, 1.82) is 0 Å². The molecule has 0 aliphatic carbocycles. The fourth-order valence-corrected chi connectivity index (χ4v) is 3.34. The molecule has 4 nitrogen and oxygen atoms in total. The van der Waals surface area contributed by atoms with Gasteiger partial charge in [-0.1, -0.05) is 30.3 Å². The molecule has 31 heavy (non-hydrogen) atoms. The largest absolute Gasteiger partial charge is 0.511 e. The van der Waals surface area contributed by atoms with Crippen molar-refractivity contribution in [2.45, 2.75) is 19.6 Å². The number of aliphatic hydroxyl groups excluding tert-OH is 1. The van der Waals surface area contributed by atoms with Crippen molar-refractivity contribution in [2.75, 3.05) is 6.54 Å². The third kappa shape index (κ3) is 5.49. The minimum Gasteiger partial charge on any atom is -0.511 e. The van der Waals surface area contributed by atoms with Gasteiger partial charge in [0.1, 0.15) is 17.3 Å². The molecule has 2 aromatic carbocycles. The van der Waals surface area contributed by atoms with E-state index >= 15 is 0 Å². The number of nitrogens with zero attached hydrogens (tertiary/aromatic N) is 1. The Morgan fingerprint density at radius 2 is 1.90 bits per heavy atom. The van der Waals surface area contributed by atoms with E-state index in [0.29, 0.717) is 21.9 Å². The Bertz CT molecular complexity index is 1120. The molecule has 1 N–H and O–H groups in total. The summed E-state index contributed by atoms with van der Waals surface area (Å²) in [7, 11) is 0. The summed E-state index contributed by atoms with van der Waals surface area (Å²) in [5.74, 6) is -0.0152. The van der Waals surface area contributed by atoms with Gasteiger partial charge in [0, 0.05) is 16.1 Å². The molecule has 0 saturated carbocycles. The van der Waals surface area contributed by atoms with Gasteiger partial charge in [0.2, 0.25) is 0 Å². The van der Waals surface area contributed by atoms with Crippen LogP contribution in [-0.2, 0) is 12.7 Å². The summed E-state index contributed by atoms with van der Waals surface area (Å²) in [5.41, 5.74) is 0.541. The first kappa shape index (κ1) is 22.5. The highest BCUT2D eigenvalue weighted by Gasteiger charge is 2.30. The van der Waals surface area contributed by atoms with Gasteiger partial charge in [0.15, 0.2) is 0 Å². The van der Waals surface area contributed by atoms with Crippen molar-refractivity contribution in [3.05, 3.63) is 94.4 Å². The Labute approximate surface area is 182 Å². The molecule has 0 spiro atoms. The zero-order valence-corrected chi connectivity index (χ0v) is 17.3. The van der Waals surface area contributed by atoms with Crippen molar-refractivity contribution in [1.82, 2.24) is 4.90 Å². The minimum atomic E-state index is -4.47. The second-order valence-corrected chi connectivity index (χ2v) is 7.47. The summed E-state index contributed by atoms with van der Waals surface area (Å²) in [5, 5.41) is 10.1. The number of hydrogen-bond acceptors (Lipinski definition) is 3. The summed E-state index contributed by atoms with van der Waals surface area (Å²) < 4.78 is 44.6. The van der Waals surface area contributed by atoms with Crippen molar-refractivity contribution in [2.24, 2.45) is 0 Å². The van der Waals surface area contributed by atoms with Crippen molar-refractivity contribution in [3.63, 3.8) is 0 Å². The van der Waals surface area contributed by atoms with Crippen LogP contribution in [0.1, 0.15) is 27.2 Å². The second-order valence-electron chi connectivity index (χ2n) is 7.03. The lowest BCUT2D eigenvalue weighted by Crippen LogP contribution is -2.32. The van der Waals surface area contributed by atoms with Crippen LogP contribution < -0.4 is 0 Å². The molecule has 0 radical (unpaired) electrons. The summed E-state index contributed by atoms with van der Waals surface area (Å²) in [6.07, 6.45) is -4.47. The van der Waals surface area contributed by atoms with Gasteiger partial charge in [-0.3, -0.25) is 4.79 Å². The molecule has 0 fully saturated rings. The van der Waals surface area contributed by atoms with Crippen LogP contribution in [0.2, 0.25) is 5.02 Å². The van der Waals surface area contributed by atoms with Crippen molar-refractivity contribution >= 4 is 17.5 Å². The van der Waals surface area contributed by atoms with E-state index in [2.05, 4.69) is 6.58 Å². The molecule has 0 bridgehead atoms. The summed E-state index contributed by atoms with van der Waals surface area (Å²) in [6, 6.07) is 12.7. The van der Waals surface area contributed by atoms with Crippen LogP contribution in [0.4, 0.5) is 13.2 Å². The van der Waals surface area contributed by atoms with Gasteiger partial charge in [-0.15, -0.1) is 0 Å². The number of aliphatic hydroxyl groups is 1. The fraction of sp³-hybridized carbons (Fsp3) is 0.174. The van der Waals surface area contributed by atoms with Crippen LogP contribution in [0.5, 0.6) is 0 Å². The van der Waals surface area contributed by atoms with E-state index in [9.17, 15) is 23.1 Å². The highest BCUT2D eigenvalue weighted by atomic mass is 35.5. The molecule has 0 aliphatic rings. The number of halogens is 4. The van der Waals surface area contributed by atoms with Crippen LogP contribution in [0.15, 0.2) is 71.4 Å². The normalized spacial score (nSPS) is 11.4. The monoisotopic (exact) mass is 449 g/mol. The summed E-state index contributed by atoms with van der Waals surface area (Å²) >= 11 is 5.95. The van der Waals surface area contributed by atoms with E-state index in [0.717, 1.165) is 12.1 Å². The lowest BCUT2D eigenvalue weighted by Gasteiger charge is -2.22. The number of furan rings is 1. The highest BCUT2D eigenvalue weighted by molar-refractivity contribution is 6.30. The van der Waals surface area contributed by atoms with Crippen LogP contribution in [0, 0.1) is 6.92 Å². The Balaban J connectivity index is 1.86. The molecule has 0 atom stereocenters. The number of alkyl halides is 3. The van der Waals surface area contributed by atoms with E-state index in [1.54, 1.807) is 31.2 Å². The molecule has 0 saturated heterocycles. The van der Waals surface area contributed by atoms with E-state index < -0.39 is 11.7 Å². The lowest BCUT2D eigenvalue weighted by atomic mass is 10.1. The van der Waals surface area contributed by atoms with E-state index in [1.807, 2.05) is 0 Å². The quantitative estimate of drug-likeness (QED) is 0.429. The second kappa shape index (κ2) is 8.89. The van der Waals surface area contributed by atoms with Crippen molar-refractivity contribution in [3.8, 4) is 11.3 Å². The molecule has 162 valence electrons. The first-order chi connectivity index (χ1) is 14.5. The Kier molecular flexibility index (Phi) is 6.45. The van der Waals surface area contributed by atoms with E-state index in [-0.39, 0.29) is 36.1 Å². The predicted octanol–water partition coefficient (Wildman–Crippen LogP) is 6.64.